The van der Waals surface area contributed by atoms with E-state index in [9.17, 15) is 14.9 Å². The Morgan fingerprint density at radius 2 is 2.04 bits per heavy atom. The molecule has 1 aliphatic rings. The monoisotopic (exact) mass is 382 g/mol. The average molecular weight is 382 g/mol. The van der Waals surface area contributed by atoms with Gasteiger partial charge in [0.25, 0.3) is 5.69 Å². The van der Waals surface area contributed by atoms with Crippen LogP contribution in [0.15, 0.2) is 58.7 Å². The van der Waals surface area contributed by atoms with Crippen LogP contribution in [0.25, 0.3) is 0 Å². The van der Waals surface area contributed by atoms with Gasteiger partial charge < -0.3 is 5.32 Å². The van der Waals surface area contributed by atoms with Gasteiger partial charge in [-0.3, -0.25) is 14.9 Å². The first-order valence-corrected chi connectivity index (χ1v) is 9.20. The Kier molecular flexibility index (Phi) is 5.66. The largest absolute Gasteiger partial charge is 0.303 e. The van der Waals surface area contributed by atoms with E-state index in [1.807, 2.05) is 25.1 Å². The zero-order valence-electron chi connectivity index (χ0n) is 14.9. The van der Waals surface area contributed by atoms with Crippen LogP contribution in [-0.2, 0) is 11.2 Å². The molecule has 1 unspecified atom stereocenters. The molecule has 2 aromatic carbocycles. The molecule has 1 aliphatic heterocycles. The number of rotatable bonds is 5. The summed E-state index contributed by atoms with van der Waals surface area (Å²) in [5.41, 5.74) is 3.39. The third-order valence-corrected chi connectivity index (χ3v) is 5.12. The minimum atomic E-state index is -0.453. The Bertz CT molecular complexity index is 955. The van der Waals surface area contributed by atoms with E-state index in [0.717, 1.165) is 11.1 Å². The first-order chi connectivity index (χ1) is 12.9. The highest BCUT2D eigenvalue weighted by molar-refractivity contribution is 8.15. The Hall–Kier alpha value is -3.00. The quantitative estimate of drug-likeness (QED) is 0.486. The Labute approximate surface area is 160 Å². The van der Waals surface area contributed by atoms with Crippen LogP contribution in [0.4, 0.5) is 5.69 Å². The van der Waals surface area contributed by atoms with Crippen LogP contribution in [0.3, 0.4) is 0 Å². The van der Waals surface area contributed by atoms with Crippen LogP contribution in [0, 0.1) is 17.0 Å². The van der Waals surface area contributed by atoms with Gasteiger partial charge in [0.2, 0.25) is 5.91 Å². The summed E-state index contributed by atoms with van der Waals surface area (Å²) >= 11 is 1.34. The van der Waals surface area contributed by atoms with Crippen molar-refractivity contribution in [2.45, 2.75) is 25.5 Å². The van der Waals surface area contributed by atoms with E-state index in [-0.39, 0.29) is 16.8 Å². The van der Waals surface area contributed by atoms with Crippen LogP contribution in [-0.4, -0.2) is 27.0 Å². The van der Waals surface area contributed by atoms with Gasteiger partial charge >= 0.3 is 0 Å². The second-order valence-corrected chi connectivity index (χ2v) is 7.38. The van der Waals surface area contributed by atoms with Crippen LogP contribution < -0.4 is 5.32 Å². The number of amides is 1. The second kappa shape index (κ2) is 8.13. The molecule has 3 rings (SSSR count). The van der Waals surface area contributed by atoms with Gasteiger partial charge in [0.05, 0.1) is 15.9 Å². The summed E-state index contributed by atoms with van der Waals surface area (Å²) in [5, 5.41) is 22.0. The third-order valence-electron chi connectivity index (χ3n) is 4.05. The number of nitro groups is 1. The van der Waals surface area contributed by atoms with Crippen molar-refractivity contribution in [3.05, 3.63) is 75.3 Å². The molecule has 0 saturated carbocycles. The molecular formula is C19H18N4O3S. The van der Waals surface area contributed by atoms with Gasteiger partial charge in [-0.15, -0.1) is 5.10 Å². The maximum absolute atomic E-state index is 12.2. The van der Waals surface area contributed by atoms with Crippen LogP contribution in [0.2, 0.25) is 0 Å². The fourth-order valence-electron chi connectivity index (χ4n) is 2.66. The summed E-state index contributed by atoms with van der Waals surface area (Å²) < 4.78 is 0. The maximum atomic E-state index is 12.2. The number of hydrogen-bond acceptors (Lipinski definition) is 6. The van der Waals surface area contributed by atoms with Crippen molar-refractivity contribution in [2.75, 3.05) is 0 Å². The number of nitrogens with one attached hydrogen (secondary N) is 1. The van der Waals surface area contributed by atoms with Gasteiger partial charge in [0.1, 0.15) is 0 Å². The number of amidine groups is 1. The summed E-state index contributed by atoms with van der Waals surface area (Å²) in [5.74, 6) is -0.0940. The van der Waals surface area contributed by atoms with Crippen molar-refractivity contribution in [2.24, 2.45) is 10.2 Å². The van der Waals surface area contributed by atoms with E-state index in [1.54, 1.807) is 19.1 Å². The normalized spacial score (nSPS) is 18.6. The van der Waals surface area contributed by atoms with Crippen LogP contribution in [0.1, 0.15) is 23.6 Å². The van der Waals surface area contributed by atoms with Gasteiger partial charge in [-0.25, -0.2) is 0 Å². The number of aryl methyl sites for hydroxylation is 1. The number of carbonyl (C=O) groups excluding carboxylic acids is 1. The lowest BCUT2D eigenvalue weighted by Crippen LogP contribution is -2.26. The molecule has 1 saturated heterocycles. The predicted octanol–water partition coefficient (Wildman–Crippen LogP) is 3.46. The van der Waals surface area contributed by atoms with Gasteiger partial charge in [-0.1, -0.05) is 53.7 Å². The Morgan fingerprint density at radius 3 is 2.78 bits per heavy atom. The van der Waals surface area contributed by atoms with Crippen molar-refractivity contribution in [3.8, 4) is 0 Å². The zero-order chi connectivity index (χ0) is 19.4. The minimum Gasteiger partial charge on any atom is -0.303 e. The molecule has 8 heteroatoms. The maximum Gasteiger partial charge on any atom is 0.270 e. The highest BCUT2D eigenvalue weighted by atomic mass is 32.2. The highest BCUT2D eigenvalue weighted by Crippen LogP contribution is 2.24. The van der Waals surface area contributed by atoms with E-state index in [4.69, 9.17) is 0 Å². The first-order valence-electron chi connectivity index (χ1n) is 8.32. The molecule has 2 aromatic rings. The predicted molar refractivity (Wildman–Crippen MR) is 107 cm³/mol. The molecule has 0 spiro atoms. The van der Waals surface area contributed by atoms with E-state index in [2.05, 4.69) is 21.6 Å². The van der Waals surface area contributed by atoms with Gasteiger partial charge in [0, 0.05) is 17.7 Å². The van der Waals surface area contributed by atoms with Crippen molar-refractivity contribution in [3.63, 3.8) is 0 Å². The molecule has 1 heterocycles. The van der Waals surface area contributed by atoms with Crippen molar-refractivity contribution >= 4 is 34.2 Å². The fraction of sp³-hybridized carbons (Fsp3) is 0.211. The molecule has 0 aromatic heterocycles. The summed E-state index contributed by atoms with van der Waals surface area (Å²) in [7, 11) is 0. The summed E-state index contributed by atoms with van der Waals surface area (Å²) in [4.78, 5) is 22.6. The molecule has 1 N–H and O–H groups in total. The molecule has 1 atom stereocenters. The van der Waals surface area contributed by atoms with Crippen molar-refractivity contribution < 1.29 is 9.72 Å². The molecule has 1 amide bonds. The molecule has 0 bridgehead atoms. The molecule has 27 heavy (non-hydrogen) atoms. The molecule has 1 fully saturated rings. The van der Waals surface area contributed by atoms with Crippen LogP contribution >= 0.6 is 11.8 Å². The Morgan fingerprint density at radius 1 is 1.26 bits per heavy atom. The summed E-state index contributed by atoms with van der Waals surface area (Å²) in [6, 6.07) is 14.3. The Balaban J connectivity index is 1.70. The molecule has 0 radical (unpaired) electrons. The standard InChI is InChI=1S/C19H18N4O3S/c1-12-5-3-6-14(9-12)10-17-18(24)20-19(27-17)22-21-13(2)15-7-4-8-16(11-15)23(25)26/h3-9,11,17H,10H2,1-2H3,(H,20,22,24). The lowest BCUT2D eigenvalue weighted by atomic mass is 10.1. The lowest BCUT2D eigenvalue weighted by molar-refractivity contribution is -0.384. The SMILES string of the molecule is CC(=NN=C1NC(=O)C(Cc2cccc(C)c2)S1)c1cccc([N+](=O)[O-])c1. The zero-order valence-corrected chi connectivity index (χ0v) is 15.7. The van der Waals surface area contributed by atoms with Crippen molar-refractivity contribution in [1.82, 2.24) is 5.32 Å². The number of hydrogen-bond donors (Lipinski definition) is 1. The highest BCUT2D eigenvalue weighted by Gasteiger charge is 2.30. The average Bonchev–Trinajstić information content (AvgIpc) is 2.99. The summed E-state index contributed by atoms with van der Waals surface area (Å²) in [6.07, 6.45) is 0.616. The number of benzene rings is 2. The first kappa shape index (κ1) is 18.8. The lowest BCUT2D eigenvalue weighted by Gasteiger charge is -2.05. The van der Waals surface area contributed by atoms with E-state index >= 15 is 0 Å². The second-order valence-electron chi connectivity index (χ2n) is 6.19. The molecule has 138 valence electrons. The smallest absolute Gasteiger partial charge is 0.270 e. The molecule has 7 nitrogen and oxygen atoms in total. The van der Waals surface area contributed by atoms with E-state index in [1.165, 1.54) is 23.9 Å². The number of thioether (sulfide) groups is 1. The van der Waals surface area contributed by atoms with Crippen LogP contribution in [0.5, 0.6) is 0 Å². The minimum absolute atomic E-state index is 0.00327. The van der Waals surface area contributed by atoms with Gasteiger partial charge in [0.15, 0.2) is 5.17 Å². The summed E-state index contributed by atoms with van der Waals surface area (Å²) in [6.45, 7) is 3.73. The van der Waals surface area contributed by atoms with Gasteiger partial charge in [-0.05, 0) is 25.8 Å². The van der Waals surface area contributed by atoms with Crippen molar-refractivity contribution in [1.29, 1.82) is 0 Å². The third kappa shape index (κ3) is 4.79. The van der Waals surface area contributed by atoms with Gasteiger partial charge in [-0.2, -0.15) is 5.10 Å². The molecule has 0 aliphatic carbocycles. The van der Waals surface area contributed by atoms with E-state index in [0.29, 0.717) is 22.9 Å². The fourth-order valence-corrected chi connectivity index (χ4v) is 3.62. The molecular weight excluding hydrogens is 364 g/mol. The number of nitrogens with zero attached hydrogens (tertiary/aromatic N) is 3. The number of non-ortho nitro benzene ring substituents is 1. The van der Waals surface area contributed by atoms with E-state index < -0.39 is 4.92 Å². The number of nitro benzene ring substituents is 1. The topological polar surface area (TPSA) is 97.0 Å². The number of carbonyl (C=O) groups is 1.